The Bertz CT molecular complexity index is 663. The molecule has 1 saturated heterocycles. The van der Waals surface area contributed by atoms with Crippen molar-refractivity contribution >= 4 is 12.1 Å². The van der Waals surface area contributed by atoms with Gasteiger partial charge in [0.2, 0.25) is 0 Å². The number of amides is 1. The summed E-state index contributed by atoms with van der Waals surface area (Å²) in [5.74, 6) is -0.534. The van der Waals surface area contributed by atoms with E-state index in [9.17, 15) is 14.7 Å². The molecule has 2 rings (SSSR count). The molecule has 1 aliphatic heterocycles. The topological polar surface area (TPSA) is 103 Å². The van der Waals surface area contributed by atoms with Gasteiger partial charge in [0.25, 0.3) is 0 Å². The predicted octanol–water partition coefficient (Wildman–Crippen LogP) is 4.04. The molecule has 0 aliphatic carbocycles. The van der Waals surface area contributed by atoms with Crippen LogP contribution in [0.5, 0.6) is 5.75 Å². The van der Waals surface area contributed by atoms with Crippen molar-refractivity contribution in [1.82, 2.24) is 5.32 Å². The van der Waals surface area contributed by atoms with Crippen LogP contribution in [0, 0.1) is 0 Å². The molecule has 1 unspecified atom stereocenters. The number of carbonyl (C=O) groups is 2. The van der Waals surface area contributed by atoms with Gasteiger partial charge in [0, 0.05) is 13.2 Å². The number of ether oxygens (including phenoxy) is 4. The zero-order valence-corrected chi connectivity index (χ0v) is 18.0. The summed E-state index contributed by atoms with van der Waals surface area (Å²) in [6.07, 6.45) is 4.09. The van der Waals surface area contributed by atoms with Crippen molar-refractivity contribution < 1.29 is 33.6 Å². The number of hydrogen-bond donors (Lipinski definition) is 2. The molecule has 168 valence electrons. The van der Waals surface area contributed by atoms with Crippen LogP contribution in [0.15, 0.2) is 24.3 Å². The fourth-order valence-electron chi connectivity index (χ4n) is 2.92. The van der Waals surface area contributed by atoms with Crippen LogP contribution in [-0.2, 0) is 19.0 Å². The molecule has 1 aromatic rings. The van der Waals surface area contributed by atoms with Crippen LogP contribution >= 0.6 is 0 Å². The third-order valence-corrected chi connectivity index (χ3v) is 4.37. The second kappa shape index (κ2) is 11.8. The van der Waals surface area contributed by atoms with Crippen molar-refractivity contribution in [2.24, 2.45) is 0 Å². The summed E-state index contributed by atoms with van der Waals surface area (Å²) in [7, 11) is 0. The molecule has 1 amide bonds. The molecule has 0 bridgehead atoms. The van der Waals surface area contributed by atoms with Crippen LogP contribution in [0.25, 0.3) is 0 Å². The molecule has 0 radical (unpaired) electrons. The summed E-state index contributed by atoms with van der Waals surface area (Å²) in [6, 6.07) is 5.42. The van der Waals surface area contributed by atoms with E-state index >= 15 is 0 Å². The monoisotopic (exact) mass is 423 g/mol. The first-order valence-electron chi connectivity index (χ1n) is 10.4. The standard InChI is InChI=1S/C22H33NO7/c1-22(2,3)30-21(26)23-19(20(24)25)16-9-11-17(12-10-16)27-13-6-7-15-29-18-8-4-5-14-28-18/h9-12,18-19H,4-8,13-15H2,1-3H3,(H,23,26)(H,24,25)/t18?,19-/m1/s1. The maximum absolute atomic E-state index is 11.9. The average Bonchev–Trinajstić information content (AvgIpc) is 2.68. The van der Waals surface area contributed by atoms with Gasteiger partial charge in [-0.2, -0.15) is 0 Å². The minimum Gasteiger partial charge on any atom is -0.494 e. The Morgan fingerprint density at radius 3 is 2.47 bits per heavy atom. The van der Waals surface area contributed by atoms with Crippen molar-refractivity contribution in [2.75, 3.05) is 19.8 Å². The van der Waals surface area contributed by atoms with E-state index in [1.54, 1.807) is 45.0 Å². The predicted molar refractivity (Wildman–Crippen MR) is 110 cm³/mol. The molecule has 2 N–H and O–H groups in total. The number of benzene rings is 1. The molecule has 2 atom stereocenters. The summed E-state index contributed by atoms with van der Waals surface area (Å²) >= 11 is 0. The first kappa shape index (κ1) is 24.0. The van der Waals surface area contributed by atoms with Crippen molar-refractivity contribution in [1.29, 1.82) is 0 Å². The number of carbonyl (C=O) groups excluding carboxylic acids is 1. The summed E-state index contributed by atoms with van der Waals surface area (Å²) in [5.41, 5.74) is -0.277. The highest BCUT2D eigenvalue weighted by molar-refractivity contribution is 5.81. The molecule has 0 saturated carbocycles. The highest BCUT2D eigenvalue weighted by atomic mass is 16.7. The normalized spacial score (nSPS) is 17.8. The van der Waals surface area contributed by atoms with Crippen LogP contribution in [0.1, 0.15) is 64.5 Å². The van der Waals surface area contributed by atoms with Crippen molar-refractivity contribution in [3.05, 3.63) is 29.8 Å². The number of carboxylic acids is 1. The van der Waals surface area contributed by atoms with E-state index in [1.807, 2.05) is 0 Å². The maximum atomic E-state index is 11.9. The number of nitrogens with one attached hydrogen (secondary N) is 1. The lowest BCUT2D eigenvalue weighted by Gasteiger charge is -2.22. The van der Waals surface area contributed by atoms with E-state index in [0.29, 0.717) is 24.5 Å². The van der Waals surface area contributed by atoms with Gasteiger partial charge in [0.05, 0.1) is 6.61 Å². The SMILES string of the molecule is CC(C)(C)OC(=O)N[C@@H](C(=O)O)c1ccc(OCCCCOC2CCCCO2)cc1. The number of hydrogen-bond acceptors (Lipinski definition) is 6. The summed E-state index contributed by atoms with van der Waals surface area (Å²) in [4.78, 5) is 23.5. The van der Waals surface area contributed by atoms with Gasteiger partial charge in [0.15, 0.2) is 12.3 Å². The number of unbranched alkanes of at least 4 members (excludes halogenated alkanes) is 1. The van der Waals surface area contributed by atoms with Gasteiger partial charge in [-0.25, -0.2) is 9.59 Å². The molecule has 0 spiro atoms. The Morgan fingerprint density at radius 2 is 1.87 bits per heavy atom. The van der Waals surface area contributed by atoms with Crippen molar-refractivity contribution in [3.63, 3.8) is 0 Å². The van der Waals surface area contributed by atoms with Gasteiger partial charge in [-0.1, -0.05) is 12.1 Å². The van der Waals surface area contributed by atoms with Gasteiger partial charge in [-0.3, -0.25) is 0 Å². The van der Waals surface area contributed by atoms with Crippen LogP contribution in [0.2, 0.25) is 0 Å². The van der Waals surface area contributed by atoms with Crippen LogP contribution in [0.4, 0.5) is 4.79 Å². The van der Waals surface area contributed by atoms with Crippen LogP contribution < -0.4 is 10.1 Å². The van der Waals surface area contributed by atoms with E-state index in [1.165, 1.54) is 0 Å². The second-order valence-corrected chi connectivity index (χ2v) is 8.21. The molecule has 0 aromatic heterocycles. The highest BCUT2D eigenvalue weighted by Crippen LogP contribution is 2.20. The third-order valence-electron chi connectivity index (χ3n) is 4.37. The molecular formula is C22H33NO7. The highest BCUT2D eigenvalue weighted by Gasteiger charge is 2.25. The molecule has 30 heavy (non-hydrogen) atoms. The van der Waals surface area contributed by atoms with Crippen LogP contribution in [0.3, 0.4) is 0 Å². The minimum absolute atomic E-state index is 0.0660. The zero-order valence-electron chi connectivity index (χ0n) is 18.0. The second-order valence-electron chi connectivity index (χ2n) is 8.21. The van der Waals surface area contributed by atoms with Gasteiger partial charge in [-0.05, 0) is 70.6 Å². The molecule has 8 nitrogen and oxygen atoms in total. The van der Waals surface area contributed by atoms with Gasteiger partial charge in [0.1, 0.15) is 11.4 Å². The minimum atomic E-state index is -1.20. The lowest BCUT2D eigenvalue weighted by Crippen LogP contribution is -2.38. The van der Waals surface area contributed by atoms with Gasteiger partial charge >= 0.3 is 12.1 Å². The molecule has 1 aliphatic rings. The quantitative estimate of drug-likeness (QED) is 0.547. The Balaban J connectivity index is 1.72. The fourth-order valence-corrected chi connectivity index (χ4v) is 2.92. The largest absolute Gasteiger partial charge is 0.494 e. The van der Waals surface area contributed by atoms with Gasteiger partial charge in [-0.15, -0.1) is 0 Å². The van der Waals surface area contributed by atoms with Gasteiger partial charge < -0.3 is 29.4 Å². The first-order valence-corrected chi connectivity index (χ1v) is 10.4. The van der Waals surface area contributed by atoms with Crippen LogP contribution in [-0.4, -0.2) is 48.9 Å². The molecule has 1 fully saturated rings. The Kier molecular flexibility index (Phi) is 9.39. The fraction of sp³-hybridized carbons (Fsp3) is 0.636. The number of carboxylic acid groups (broad SMARTS) is 1. The van der Waals surface area contributed by atoms with E-state index in [2.05, 4.69) is 5.32 Å². The smallest absolute Gasteiger partial charge is 0.408 e. The van der Waals surface area contributed by atoms with E-state index in [-0.39, 0.29) is 6.29 Å². The lowest BCUT2D eigenvalue weighted by molar-refractivity contribution is -0.162. The molecular weight excluding hydrogens is 390 g/mol. The lowest BCUT2D eigenvalue weighted by atomic mass is 10.1. The summed E-state index contributed by atoms with van der Waals surface area (Å²) in [5, 5.41) is 11.8. The Labute approximate surface area is 177 Å². The zero-order chi connectivity index (χ0) is 22.0. The number of rotatable bonds is 10. The van der Waals surface area contributed by atoms with Crippen molar-refractivity contribution in [2.45, 2.75) is 70.8 Å². The van der Waals surface area contributed by atoms with Crippen molar-refractivity contribution in [3.8, 4) is 5.75 Å². The van der Waals surface area contributed by atoms with E-state index in [4.69, 9.17) is 18.9 Å². The third kappa shape index (κ3) is 9.00. The Morgan fingerprint density at radius 1 is 1.17 bits per heavy atom. The maximum Gasteiger partial charge on any atom is 0.408 e. The first-order chi connectivity index (χ1) is 14.2. The number of alkyl carbamates (subject to hydrolysis) is 1. The Hall–Kier alpha value is -2.32. The van der Waals surface area contributed by atoms with E-state index < -0.39 is 23.7 Å². The molecule has 8 heteroatoms. The molecule has 1 aromatic carbocycles. The molecule has 1 heterocycles. The summed E-state index contributed by atoms with van der Waals surface area (Å²) < 4.78 is 22.0. The number of aliphatic carboxylic acids is 1. The average molecular weight is 424 g/mol. The summed E-state index contributed by atoms with van der Waals surface area (Å²) in [6.45, 7) is 7.09. The van der Waals surface area contributed by atoms with E-state index in [0.717, 1.165) is 38.7 Å².